The van der Waals surface area contributed by atoms with Gasteiger partial charge in [0.25, 0.3) is 0 Å². The average molecular weight is 251 g/mol. The Bertz CT molecular complexity index is 651. The maximum absolute atomic E-state index is 10.9. The molecule has 1 unspecified atom stereocenters. The van der Waals surface area contributed by atoms with E-state index in [1.807, 2.05) is 38.1 Å². The van der Waals surface area contributed by atoms with Gasteiger partial charge in [0.1, 0.15) is 5.60 Å². The molecule has 0 aliphatic rings. The fourth-order valence-electron chi connectivity index (χ4n) is 2.31. The van der Waals surface area contributed by atoms with Crippen LogP contribution in [0.5, 0.6) is 0 Å². The van der Waals surface area contributed by atoms with E-state index < -0.39 is 5.60 Å². The van der Waals surface area contributed by atoms with Crippen LogP contribution < -0.4 is 0 Å². The van der Waals surface area contributed by atoms with Crippen LogP contribution in [0.25, 0.3) is 0 Å². The molecule has 1 atom stereocenters. The minimum atomic E-state index is -1.09. The van der Waals surface area contributed by atoms with Crippen LogP contribution in [0.1, 0.15) is 34.7 Å². The Morgan fingerprint density at radius 2 is 1.84 bits per heavy atom. The number of aliphatic hydroxyl groups is 1. The Kier molecular flexibility index (Phi) is 3.42. The topological polar surface area (TPSA) is 44.0 Å². The molecule has 0 aliphatic carbocycles. The zero-order valence-electron chi connectivity index (χ0n) is 11.4. The highest BCUT2D eigenvalue weighted by molar-refractivity contribution is 5.44. The molecule has 1 N–H and O–H groups in total. The lowest BCUT2D eigenvalue weighted by molar-refractivity contribution is 0.101. The molecular formula is C17H17NO. The van der Waals surface area contributed by atoms with Crippen LogP contribution in [0.3, 0.4) is 0 Å². The summed E-state index contributed by atoms with van der Waals surface area (Å²) in [6, 6.07) is 15.3. The minimum Gasteiger partial charge on any atom is -0.381 e. The molecule has 0 amide bonds. The van der Waals surface area contributed by atoms with Crippen molar-refractivity contribution in [3.63, 3.8) is 0 Å². The van der Waals surface area contributed by atoms with Crippen molar-refractivity contribution in [3.8, 4) is 6.07 Å². The Morgan fingerprint density at radius 1 is 1.11 bits per heavy atom. The number of nitrogens with zero attached hydrogens (tertiary/aromatic N) is 1. The van der Waals surface area contributed by atoms with Gasteiger partial charge in [0.15, 0.2) is 0 Å². The Labute approximate surface area is 114 Å². The molecule has 0 radical (unpaired) electrons. The number of hydrogen-bond acceptors (Lipinski definition) is 2. The van der Waals surface area contributed by atoms with E-state index in [0.29, 0.717) is 5.56 Å². The molecule has 0 saturated heterocycles. The van der Waals surface area contributed by atoms with Gasteiger partial charge >= 0.3 is 0 Å². The molecule has 2 heteroatoms. The fraction of sp³-hybridized carbons (Fsp3) is 0.235. The van der Waals surface area contributed by atoms with E-state index in [2.05, 4.69) is 6.07 Å². The van der Waals surface area contributed by atoms with Gasteiger partial charge < -0.3 is 5.11 Å². The molecular weight excluding hydrogens is 234 g/mol. The van der Waals surface area contributed by atoms with Crippen molar-refractivity contribution in [2.45, 2.75) is 26.4 Å². The fourth-order valence-corrected chi connectivity index (χ4v) is 2.31. The quantitative estimate of drug-likeness (QED) is 0.888. The zero-order chi connectivity index (χ0) is 14.0. The number of aryl methyl sites for hydroxylation is 2. The van der Waals surface area contributed by atoms with Gasteiger partial charge in [-0.05, 0) is 49.6 Å². The second kappa shape index (κ2) is 4.87. The van der Waals surface area contributed by atoms with Crippen LogP contribution in [-0.2, 0) is 5.60 Å². The van der Waals surface area contributed by atoms with Crippen molar-refractivity contribution in [3.05, 3.63) is 70.3 Å². The van der Waals surface area contributed by atoms with Crippen LogP contribution in [0.2, 0.25) is 0 Å². The molecule has 2 aromatic carbocycles. The van der Waals surface area contributed by atoms with Gasteiger partial charge in [-0.15, -0.1) is 0 Å². The zero-order valence-corrected chi connectivity index (χ0v) is 11.4. The van der Waals surface area contributed by atoms with Crippen molar-refractivity contribution < 1.29 is 5.11 Å². The van der Waals surface area contributed by atoms with Gasteiger partial charge in [0, 0.05) is 0 Å². The van der Waals surface area contributed by atoms with Crippen LogP contribution >= 0.6 is 0 Å². The summed E-state index contributed by atoms with van der Waals surface area (Å²) in [5, 5.41) is 19.8. The Balaban J connectivity index is 2.58. The highest BCUT2D eigenvalue weighted by Gasteiger charge is 2.27. The SMILES string of the molecule is Cc1ccc(C)c(C(C)(O)c2cccc(C#N)c2)c1. The largest absolute Gasteiger partial charge is 0.381 e. The lowest BCUT2D eigenvalue weighted by Gasteiger charge is -2.27. The van der Waals surface area contributed by atoms with Crippen molar-refractivity contribution >= 4 is 0 Å². The van der Waals surface area contributed by atoms with Crippen LogP contribution in [0.4, 0.5) is 0 Å². The molecule has 0 aromatic heterocycles. The molecule has 0 aliphatic heterocycles. The molecule has 0 fully saturated rings. The van der Waals surface area contributed by atoms with Crippen LogP contribution in [0.15, 0.2) is 42.5 Å². The number of benzene rings is 2. The normalized spacial score (nSPS) is 13.6. The molecule has 0 spiro atoms. The van der Waals surface area contributed by atoms with E-state index in [0.717, 1.165) is 22.3 Å². The molecule has 2 nitrogen and oxygen atoms in total. The summed E-state index contributed by atoms with van der Waals surface area (Å²) in [6.07, 6.45) is 0. The van der Waals surface area contributed by atoms with Gasteiger partial charge in [-0.2, -0.15) is 5.26 Å². The summed E-state index contributed by atoms with van der Waals surface area (Å²) in [6.45, 7) is 5.76. The third-order valence-electron chi connectivity index (χ3n) is 3.47. The van der Waals surface area contributed by atoms with Crippen molar-refractivity contribution in [1.82, 2.24) is 0 Å². The maximum Gasteiger partial charge on any atom is 0.112 e. The second-order valence-electron chi connectivity index (χ2n) is 5.08. The number of nitriles is 1. The molecule has 0 bridgehead atoms. The van der Waals surface area contributed by atoms with E-state index in [-0.39, 0.29) is 0 Å². The average Bonchev–Trinajstić information content (AvgIpc) is 2.41. The van der Waals surface area contributed by atoms with Gasteiger partial charge in [-0.3, -0.25) is 0 Å². The molecule has 0 saturated carbocycles. The molecule has 0 heterocycles. The lowest BCUT2D eigenvalue weighted by Crippen LogP contribution is -2.24. The van der Waals surface area contributed by atoms with E-state index in [1.165, 1.54) is 0 Å². The van der Waals surface area contributed by atoms with Crippen molar-refractivity contribution in [2.24, 2.45) is 0 Å². The summed E-state index contributed by atoms with van der Waals surface area (Å²) in [4.78, 5) is 0. The van der Waals surface area contributed by atoms with E-state index in [4.69, 9.17) is 5.26 Å². The summed E-state index contributed by atoms with van der Waals surface area (Å²) < 4.78 is 0. The first-order valence-electron chi connectivity index (χ1n) is 6.26. The first kappa shape index (κ1) is 13.3. The third-order valence-corrected chi connectivity index (χ3v) is 3.47. The molecule has 19 heavy (non-hydrogen) atoms. The second-order valence-corrected chi connectivity index (χ2v) is 5.08. The summed E-state index contributed by atoms with van der Waals surface area (Å²) >= 11 is 0. The van der Waals surface area contributed by atoms with Gasteiger partial charge in [-0.25, -0.2) is 0 Å². The first-order valence-corrected chi connectivity index (χ1v) is 6.26. The van der Waals surface area contributed by atoms with E-state index >= 15 is 0 Å². The van der Waals surface area contributed by atoms with Crippen molar-refractivity contribution in [2.75, 3.05) is 0 Å². The van der Waals surface area contributed by atoms with E-state index in [1.54, 1.807) is 25.1 Å². The lowest BCUT2D eigenvalue weighted by atomic mass is 9.84. The molecule has 2 rings (SSSR count). The maximum atomic E-state index is 10.9. The number of hydrogen-bond donors (Lipinski definition) is 1. The summed E-state index contributed by atoms with van der Waals surface area (Å²) in [5.41, 5.74) is 3.23. The molecule has 96 valence electrons. The first-order chi connectivity index (χ1) is 8.95. The monoisotopic (exact) mass is 251 g/mol. The smallest absolute Gasteiger partial charge is 0.112 e. The standard InChI is InChI=1S/C17H17NO/c1-12-7-8-13(2)16(9-12)17(3,19)15-6-4-5-14(10-15)11-18/h4-10,19H,1-3H3. The summed E-state index contributed by atoms with van der Waals surface area (Å²) in [5.74, 6) is 0. The van der Waals surface area contributed by atoms with Gasteiger partial charge in [0.2, 0.25) is 0 Å². The minimum absolute atomic E-state index is 0.558. The Hall–Kier alpha value is -2.11. The highest BCUT2D eigenvalue weighted by Crippen LogP contribution is 2.32. The van der Waals surface area contributed by atoms with Gasteiger partial charge in [-0.1, -0.05) is 35.9 Å². The highest BCUT2D eigenvalue weighted by atomic mass is 16.3. The molecule has 2 aromatic rings. The Morgan fingerprint density at radius 3 is 2.53 bits per heavy atom. The van der Waals surface area contributed by atoms with Crippen molar-refractivity contribution in [1.29, 1.82) is 5.26 Å². The predicted octanol–water partition coefficient (Wildman–Crippen LogP) is 3.43. The van der Waals surface area contributed by atoms with Crippen LogP contribution in [-0.4, -0.2) is 5.11 Å². The summed E-state index contributed by atoms with van der Waals surface area (Å²) in [7, 11) is 0. The van der Waals surface area contributed by atoms with E-state index in [9.17, 15) is 5.11 Å². The number of rotatable bonds is 2. The third kappa shape index (κ3) is 2.52. The van der Waals surface area contributed by atoms with Crippen LogP contribution in [0, 0.1) is 25.2 Å². The van der Waals surface area contributed by atoms with Gasteiger partial charge in [0.05, 0.1) is 11.6 Å². The predicted molar refractivity (Wildman–Crippen MR) is 75.7 cm³/mol.